The van der Waals surface area contributed by atoms with E-state index in [1.165, 1.54) is 6.42 Å². The smallest absolute Gasteiger partial charge is 0.151 e. The largest absolute Gasteiger partial charge is 0.494 e. The molecule has 0 bridgehead atoms. The van der Waals surface area contributed by atoms with Gasteiger partial charge in [0.05, 0.1) is 6.61 Å². The molecule has 0 spiro atoms. The molecule has 1 aromatic carbocycles. The average Bonchev–Trinajstić information content (AvgIpc) is 2.24. The molecular weight excluding hydrogens is 268 g/mol. The van der Waals surface area contributed by atoms with Crippen molar-refractivity contribution in [1.82, 2.24) is 0 Å². The van der Waals surface area contributed by atoms with Crippen LogP contribution in [0.15, 0.2) is 22.7 Å². The number of hydrogen-bond donors (Lipinski definition) is 0. The van der Waals surface area contributed by atoms with Gasteiger partial charge in [-0.1, -0.05) is 13.8 Å². The molecule has 0 atom stereocenters. The Balaban J connectivity index is 2.43. The second kappa shape index (κ2) is 6.69. The van der Waals surface area contributed by atoms with E-state index in [4.69, 9.17) is 4.74 Å². The predicted octanol–water partition coefficient (Wildman–Crippen LogP) is 4.08. The summed E-state index contributed by atoms with van der Waals surface area (Å²) in [5, 5.41) is 0. The zero-order chi connectivity index (χ0) is 12.0. The van der Waals surface area contributed by atoms with Gasteiger partial charge in [-0.25, -0.2) is 0 Å². The molecule has 0 saturated carbocycles. The van der Waals surface area contributed by atoms with Crippen LogP contribution in [-0.2, 0) is 0 Å². The van der Waals surface area contributed by atoms with Crippen LogP contribution in [0.1, 0.15) is 37.0 Å². The lowest BCUT2D eigenvalue weighted by molar-refractivity contribution is 0.112. The standard InChI is InChI=1S/C13H17BrO2/c1-10(2)4-3-7-16-12-6-5-11(9-15)13(14)8-12/h5-6,8-10H,3-4,7H2,1-2H3. The number of hydrogen-bond acceptors (Lipinski definition) is 2. The fourth-order valence-corrected chi connectivity index (χ4v) is 1.83. The molecule has 0 N–H and O–H groups in total. The third kappa shape index (κ3) is 4.35. The highest BCUT2D eigenvalue weighted by atomic mass is 79.9. The molecule has 0 aliphatic rings. The number of ether oxygens (including phenoxy) is 1. The minimum atomic E-state index is 0.648. The van der Waals surface area contributed by atoms with Crippen molar-refractivity contribution in [3.63, 3.8) is 0 Å². The van der Waals surface area contributed by atoms with Gasteiger partial charge in [-0.05, 0) is 52.9 Å². The van der Waals surface area contributed by atoms with Gasteiger partial charge in [0, 0.05) is 10.0 Å². The highest BCUT2D eigenvalue weighted by molar-refractivity contribution is 9.10. The molecule has 0 saturated heterocycles. The molecule has 3 heteroatoms. The maximum Gasteiger partial charge on any atom is 0.151 e. The van der Waals surface area contributed by atoms with Crippen molar-refractivity contribution in [1.29, 1.82) is 0 Å². The van der Waals surface area contributed by atoms with Crippen LogP contribution in [0.5, 0.6) is 5.75 Å². The number of benzene rings is 1. The summed E-state index contributed by atoms with van der Waals surface area (Å²) in [4.78, 5) is 10.6. The van der Waals surface area contributed by atoms with Crippen molar-refractivity contribution in [3.8, 4) is 5.75 Å². The minimum absolute atomic E-state index is 0.648. The van der Waals surface area contributed by atoms with Gasteiger partial charge < -0.3 is 4.74 Å². The number of carbonyl (C=O) groups is 1. The summed E-state index contributed by atoms with van der Waals surface area (Å²) < 4.78 is 6.37. The zero-order valence-corrected chi connectivity index (χ0v) is 11.3. The molecule has 0 radical (unpaired) electrons. The highest BCUT2D eigenvalue weighted by Crippen LogP contribution is 2.22. The lowest BCUT2D eigenvalue weighted by atomic mass is 10.1. The van der Waals surface area contributed by atoms with E-state index in [2.05, 4.69) is 29.8 Å². The van der Waals surface area contributed by atoms with Gasteiger partial charge in [0.1, 0.15) is 5.75 Å². The van der Waals surface area contributed by atoms with Gasteiger partial charge in [0.2, 0.25) is 0 Å². The molecular formula is C13H17BrO2. The summed E-state index contributed by atoms with van der Waals surface area (Å²) in [7, 11) is 0. The molecule has 16 heavy (non-hydrogen) atoms. The molecule has 2 nitrogen and oxygen atoms in total. The molecule has 1 rings (SSSR count). The summed E-state index contributed by atoms with van der Waals surface area (Å²) in [5.74, 6) is 1.52. The van der Waals surface area contributed by atoms with E-state index < -0.39 is 0 Å². The number of rotatable bonds is 6. The fourth-order valence-electron chi connectivity index (χ4n) is 1.37. The first-order chi connectivity index (χ1) is 7.63. The number of aldehydes is 1. The Morgan fingerprint density at radius 1 is 1.44 bits per heavy atom. The molecule has 0 aliphatic heterocycles. The Hall–Kier alpha value is -0.830. The monoisotopic (exact) mass is 284 g/mol. The van der Waals surface area contributed by atoms with E-state index in [1.807, 2.05) is 12.1 Å². The SMILES string of the molecule is CC(C)CCCOc1ccc(C=O)c(Br)c1. The molecule has 0 fully saturated rings. The highest BCUT2D eigenvalue weighted by Gasteiger charge is 2.01. The van der Waals surface area contributed by atoms with Crippen LogP contribution in [0.25, 0.3) is 0 Å². The maximum absolute atomic E-state index is 10.6. The van der Waals surface area contributed by atoms with E-state index in [-0.39, 0.29) is 0 Å². The average molecular weight is 285 g/mol. The van der Waals surface area contributed by atoms with Crippen molar-refractivity contribution in [2.24, 2.45) is 5.92 Å². The van der Waals surface area contributed by atoms with Crippen LogP contribution in [0.2, 0.25) is 0 Å². The Morgan fingerprint density at radius 3 is 2.75 bits per heavy atom. The van der Waals surface area contributed by atoms with Crippen LogP contribution in [-0.4, -0.2) is 12.9 Å². The fraction of sp³-hybridized carbons (Fsp3) is 0.462. The second-order valence-corrected chi connectivity index (χ2v) is 5.04. The van der Waals surface area contributed by atoms with E-state index in [0.717, 1.165) is 29.5 Å². The normalized spacial score (nSPS) is 10.5. The summed E-state index contributed by atoms with van der Waals surface area (Å²) in [5.41, 5.74) is 0.648. The quantitative estimate of drug-likeness (QED) is 0.581. The lowest BCUT2D eigenvalue weighted by Crippen LogP contribution is -1.99. The van der Waals surface area contributed by atoms with Gasteiger partial charge >= 0.3 is 0 Å². The first-order valence-electron chi connectivity index (χ1n) is 5.51. The van der Waals surface area contributed by atoms with Gasteiger partial charge in [0.25, 0.3) is 0 Å². The molecule has 88 valence electrons. The van der Waals surface area contributed by atoms with Crippen LogP contribution in [0.4, 0.5) is 0 Å². The van der Waals surface area contributed by atoms with Gasteiger partial charge in [0.15, 0.2) is 6.29 Å². The van der Waals surface area contributed by atoms with E-state index in [0.29, 0.717) is 11.5 Å². The third-order valence-electron chi connectivity index (χ3n) is 2.29. The summed E-state index contributed by atoms with van der Waals surface area (Å²) in [6, 6.07) is 5.41. The summed E-state index contributed by atoms with van der Waals surface area (Å²) in [6.07, 6.45) is 3.06. The Bertz CT molecular complexity index is 348. The second-order valence-electron chi connectivity index (χ2n) is 4.19. The molecule has 0 aromatic heterocycles. The van der Waals surface area contributed by atoms with Gasteiger partial charge in [-0.15, -0.1) is 0 Å². The zero-order valence-electron chi connectivity index (χ0n) is 9.70. The molecule has 0 heterocycles. The van der Waals surface area contributed by atoms with Crippen molar-refractivity contribution >= 4 is 22.2 Å². The molecule has 0 unspecified atom stereocenters. The van der Waals surface area contributed by atoms with Gasteiger partial charge in [-0.3, -0.25) is 4.79 Å². The number of halogens is 1. The van der Waals surface area contributed by atoms with E-state index in [9.17, 15) is 4.79 Å². The molecule has 0 amide bonds. The van der Waals surface area contributed by atoms with Crippen LogP contribution in [0, 0.1) is 5.92 Å². The number of carbonyl (C=O) groups excluding carboxylic acids is 1. The minimum Gasteiger partial charge on any atom is -0.494 e. The first kappa shape index (κ1) is 13.2. The summed E-state index contributed by atoms with van der Waals surface area (Å²) >= 11 is 3.33. The van der Waals surface area contributed by atoms with Crippen LogP contribution >= 0.6 is 15.9 Å². The molecule has 0 aliphatic carbocycles. The van der Waals surface area contributed by atoms with Crippen molar-refractivity contribution in [2.75, 3.05) is 6.61 Å². The Kier molecular flexibility index (Phi) is 5.53. The predicted molar refractivity (Wildman–Crippen MR) is 69.1 cm³/mol. The topological polar surface area (TPSA) is 26.3 Å². The Morgan fingerprint density at radius 2 is 2.19 bits per heavy atom. The lowest BCUT2D eigenvalue weighted by Gasteiger charge is -2.08. The van der Waals surface area contributed by atoms with Crippen LogP contribution in [0.3, 0.4) is 0 Å². The van der Waals surface area contributed by atoms with E-state index in [1.54, 1.807) is 6.07 Å². The third-order valence-corrected chi connectivity index (χ3v) is 2.98. The first-order valence-corrected chi connectivity index (χ1v) is 6.30. The summed E-state index contributed by atoms with van der Waals surface area (Å²) in [6.45, 7) is 5.13. The van der Waals surface area contributed by atoms with Crippen molar-refractivity contribution in [3.05, 3.63) is 28.2 Å². The van der Waals surface area contributed by atoms with Crippen molar-refractivity contribution in [2.45, 2.75) is 26.7 Å². The Labute approximate surface area is 105 Å². The van der Waals surface area contributed by atoms with E-state index >= 15 is 0 Å². The van der Waals surface area contributed by atoms with Crippen molar-refractivity contribution < 1.29 is 9.53 Å². The molecule has 1 aromatic rings. The van der Waals surface area contributed by atoms with Crippen LogP contribution < -0.4 is 4.74 Å². The maximum atomic E-state index is 10.6. The van der Waals surface area contributed by atoms with Gasteiger partial charge in [-0.2, -0.15) is 0 Å².